The molecule has 1 aliphatic heterocycles. The van der Waals surface area contributed by atoms with Gasteiger partial charge in [-0.15, -0.1) is 0 Å². The van der Waals surface area contributed by atoms with Crippen LogP contribution in [0.4, 0.5) is 0 Å². The van der Waals surface area contributed by atoms with Gasteiger partial charge in [-0.2, -0.15) is 0 Å². The Morgan fingerprint density at radius 1 is 1.56 bits per heavy atom. The highest BCUT2D eigenvalue weighted by Crippen LogP contribution is 1.98. The number of amides is 1. The summed E-state index contributed by atoms with van der Waals surface area (Å²) in [6.45, 7) is 0. The van der Waals surface area contributed by atoms with Crippen LogP contribution in [-0.4, -0.2) is 17.5 Å². The van der Waals surface area contributed by atoms with Crippen LogP contribution >= 0.6 is 0 Å². The van der Waals surface area contributed by atoms with Gasteiger partial charge in [-0.3, -0.25) is 4.79 Å². The number of allylic oxidation sites excluding steroid dienone is 2. The summed E-state index contributed by atoms with van der Waals surface area (Å²) < 4.78 is 0. The third kappa shape index (κ3) is 1.17. The summed E-state index contributed by atoms with van der Waals surface area (Å²) in [5, 5.41) is 0. The standard InChI is InChI=1S/C6H8N2O/c7-6-3-1-2-4-8(6)5-9/h1-6H,7H2. The van der Waals surface area contributed by atoms with Crippen LogP contribution in [0.1, 0.15) is 0 Å². The average Bonchev–Trinajstić information content (AvgIpc) is 1.89. The molecule has 0 saturated heterocycles. The van der Waals surface area contributed by atoms with E-state index in [0.29, 0.717) is 6.41 Å². The Labute approximate surface area is 53.4 Å². The van der Waals surface area contributed by atoms with E-state index in [1.54, 1.807) is 18.4 Å². The molecule has 0 fully saturated rings. The maximum atomic E-state index is 10.1. The number of rotatable bonds is 1. The van der Waals surface area contributed by atoms with Gasteiger partial charge in [-0.1, -0.05) is 6.08 Å². The Hall–Kier alpha value is -1.09. The molecular weight excluding hydrogens is 116 g/mol. The Balaban J connectivity index is 2.65. The number of hydrogen-bond acceptors (Lipinski definition) is 2. The minimum atomic E-state index is -0.285. The molecule has 1 amide bonds. The molecule has 48 valence electrons. The molecule has 3 nitrogen and oxygen atoms in total. The average molecular weight is 124 g/mol. The lowest BCUT2D eigenvalue weighted by Crippen LogP contribution is -2.36. The van der Waals surface area contributed by atoms with Crippen LogP contribution < -0.4 is 5.73 Å². The smallest absolute Gasteiger partial charge is 0.215 e. The fourth-order valence-electron chi connectivity index (χ4n) is 0.631. The van der Waals surface area contributed by atoms with Crippen molar-refractivity contribution in [1.29, 1.82) is 0 Å². The third-order valence-corrected chi connectivity index (χ3v) is 1.14. The maximum Gasteiger partial charge on any atom is 0.215 e. The first-order chi connectivity index (χ1) is 4.34. The highest BCUT2D eigenvalue weighted by atomic mass is 16.1. The van der Waals surface area contributed by atoms with Crippen molar-refractivity contribution in [3.8, 4) is 0 Å². The molecule has 1 aliphatic rings. The summed E-state index contributed by atoms with van der Waals surface area (Å²) in [7, 11) is 0. The van der Waals surface area contributed by atoms with Crippen molar-refractivity contribution >= 4 is 6.41 Å². The molecule has 1 atom stereocenters. The number of hydrogen-bond donors (Lipinski definition) is 1. The first kappa shape index (κ1) is 6.04. The highest BCUT2D eigenvalue weighted by Gasteiger charge is 2.05. The Morgan fingerprint density at radius 2 is 2.33 bits per heavy atom. The van der Waals surface area contributed by atoms with Crippen LogP contribution in [0.5, 0.6) is 0 Å². The second-order valence-corrected chi connectivity index (χ2v) is 1.77. The van der Waals surface area contributed by atoms with Gasteiger partial charge in [0.15, 0.2) is 0 Å². The molecule has 3 heteroatoms. The summed E-state index contributed by atoms with van der Waals surface area (Å²) in [4.78, 5) is 11.5. The minimum Gasteiger partial charge on any atom is -0.308 e. The van der Waals surface area contributed by atoms with Gasteiger partial charge < -0.3 is 10.6 Å². The third-order valence-electron chi connectivity index (χ3n) is 1.14. The Kier molecular flexibility index (Phi) is 1.65. The second-order valence-electron chi connectivity index (χ2n) is 1.77. The van der Waals surface area contributed by atoms with Gasteiger partial charge in [0.25, 0.3) is 0 Å². The van der Waals surface area contributed by atoms with Crippen molar-refractivity contribution in [2.75, 3.05) is 0 Å². The molecule has 0 aliphatic carbocycles. The predicted octanol–water partition coefficient (Wildman–Crippen LogP) is -0.187. The molecule has 9 heavy (non-hydrogen) atoms. The fraction of sp³-hybridized carbons (Fsp3) is 0.167. The maximum absolute atomic E-state index is 10.1. The lowest BCUT2D eigenvalue weighted by Gasteiger charge is -2.19. The van der Waals surface area contributed by atoms with Crippen LogP contribution in [0, 0.1) is 0 Å². The largest absolute Gasteiger partial charge is 0.308 e. The topological polar surface area (TPSA) is 46.3 Å². The van der Waals surface area contributed by atoms with E-state index in [0.717, 1.165) is 0 Å². The van der Waals surface area contributed by atoms with Crippen molar-refractivity contribution < 1.29 is 4.79 Å². The SMILES string of the molecule is NC1C=CC=CN1C=O. The van der Waals surface area contributed by atoms with Gasteiger partial charge in [0.2, 0.25) is 6.41 Å². The van der Waals surface area contributed by atoms with Crippen molar-refractivity contribution in [2.45, 2.75) is 6.17 Å². The van der Waals surface area contributed by atoms with Gasteiger partial charge in [-0.05, 0) is 12.2 Å². The van der Waals surface area contributed by atoms with E-state index >= 15 is 0 Å². The molecule has 1 heterocycles. The molecule has 0 radical (unpaired) electrons. The summed E-state index contributed by atoms with van der Waals surface area (Å²) in [5.74, 6) is 0. The van der Waals surface area contributed by atoms with Crippen LogP contribution in [0.25, 0.3) is 0 Å². The van der Waals surface area contributed by atoms with Gasteiger partial charge in [0, 0.05) is 6.20 Å². The molecular formula is C6H8N2O. The summed E-state index contributed by atoms with van der Waals surface area (Å²) >= 11 is 0. The van der Waals surface area contributed by atoms with E-state index in [1.165, 1.54) is 4.90 Å². The first-order valence-electron chi connectivity index (χ1n) is 2.68. The van der Waals surface area contributed by atoms with Crippen LogP contribution in [0.2, 0.25) is 0 Å². The minimum absolute atomic E-state index is 0.285. The Morgan fingerprint density at radius 3 is 2.78 bits per heavy atom. The number of nitrogens with two attached hydrogens (primary N) is 1. The summed E-state index contributed by atoms with van der Waals surface area (Å²) in [6, 6.07) is 0. The normalized spacial score (nSPS) is 24.6. The van der Waals surface area contributed by atoms with E-state index in [2.05, 4.69) is 0 Å². The summed E-state index contributed by atoms with van der Waals surface area (Å²) in [6.07, 6.45) is 7.37. The van der Waals surface area contributed by atoms with E-state index in [-0.39, 0.29) is 6.17 Å². The lowest BCUT2D eigenvalue weighted by atomic mass is 10.3. The first-order valence-corrected chi connectivity index (χ1v) is 2.68. The number of carbonyl (C=O) groups excluding carboxylic acids is 1. The van der Waals surface area contributed by atoms with E-state index in [9.17, 15) is 4.79 Å². The zero-order valence-electron chi connectivity index (χ0n) is 4.90. The monoisotopic (exact) mass is 124 g/mol. The molecule has 1 unspecified atom stereocenters. The molecule has 2 N–H and O–H groups in total. The zero-order valence-corrected chi connectivity index (χ0v) is 4.90. The molecule has 0 bridgehead atoms. The van der Waals surface area contributed by atoms with Crippen LogP contribution in [0.3, 0.4) is 0 Å². The van der Waals surface area contributed by atoms with Crippen molar-refractivity contribution in [2.24, 2.45) is 5.73 Å². The zero-order chi connectivity index (χ0) is 6.69. The lowest BCUT2D eigenvalue weighted by molar-refractivity contribution is -0.116. The molecule has 0 spiro atoms. The second kappa shape index (κ2) is 2.46. The van der Waals surface area contributed by atoms with Gasteiger partial charge in [0.1, 0.15) is 6.17 Å². The Bertz CT molecular complexity index is 162. The molecule has 1 rings (SSSR count). The summed E-state index contributed by atoms with van der Waals surface area (Å²) in [5.41, 5.74) is 5.45. The highest BCUT2D eigenvalue weighted by molar-refractivity contribution is 5.51. The predicted molar refractivity (Wildman–Crippen MR) is 34.2 cm³/mol. The van der Waals surface area contributed by atoms with Crippen LogP contribution in [-0.2, 0) is 4.79 Å². The number of carbonyl (C=O) groups is 1. The quantitative estimate of drug-likeness (QED) is 0.492. The molecule has 0 saturated carbocycles. The molecule has 0 aromatic carbocycles. The van der Waals surface area contributed by atoms with Crippen molar-refractivity contribution in [3.05, 3.63) is 24.4 Å². The van der Waals surface area contributed by atoms with Gasteiger partial charge in [-0.25, -0.2) is 0 Å². The fourth-order valence-corrected chi connectivity index (χ4v) is 0.631. The molecule has 0 aromatic rings. The van der Waals surface area contributed by atoms with Gasteiger partial charge >= 0.3 is 0 Å². The van der Waals surface area contributed by atoms with Crippen LogP contribution in [0.15, 0.2) is 24.4 Å². The van der Waals surface area contributed by atoms with Crippen molar-refractivity contribution in [3.63, 3.8) is 0 Å². The van der Waals surface area contributed by atoms with Gasteiger partial charge in [0.05, 0.1) is 0 Å². The molecule has 0 aromatic heterocycles. The van der Waals surface area contributed by atoms with E-state index < -0.39 is 0 Å². The van der Waals surface area contributed by atoms with E-state index in [1.807, 2.05) is 6.08 Å². The number of nitrogens with zero attached hydrogens (tertiary/aromatic N) is 1. The van der Waals surface area contributed by atoms with E-state index in [4.69, 9.17) is 5.73 Å². The van der Waals surface area contributed by atoms with Crippen molar-refractivity contribution in [1.82, 2.24) is 4.90 Å².